The van der Waals surface area contributed by atoms with E-state index in [1.54, 1.807) is 0 Å². The lowest BCUT2D eigenvalue weighted by molar-refractivity contribution is -0.110. The lowest BCUT2D eigenvalue weighted by Gasteiger charge is -2.26. The van der Waals surface area contributed by atoms with E-state index in [9.17, 15) is 4.79 Å². The van der Waals surface area contributed by atoms with Gasteiger partial charge in [0.2, 0.25) is 0 Å². The molecule has 1 amide bonds. The van der Waals surface area contributed by atoms with E-state index < -0.39 is 0 Å². The molecule has 5 heteroatoms. The van der Waals surface area contributed by atoms with Crippen LogP contribution in [0.4, 0.5) is 17.1 Å². The van der Waals surface area contributed by atoms with Crippen molar-refractivity contribution in [2.24, 2.45) is 0 Å². The number of amides is 1. The number of carbonyl (C=O) groups is 1. The van der Waals surface area contributed by atoms with Gasteiger partial charge < -0.3 is 16.0 Å². The molecule has 2 heterocycles. The van der Waals surface area contributed by atoms with Crippen LogP contribution < -0.4 is 16.0 Å². The van der Waals surface area contributed by atoms with Gasteiger partial charge in [-0.05, 0) is 67.4 Å². The summed E-state index contributed by atoms with van der Waals surface area (Å²) in [6, 6.07) is 24.6. The summed E-state index contributed by atoms with van der Waals surface area (Å²) in [7, 11) is 1.88. The summed E-state index contributed by atoms with van der Waals surface area (Å²) in [5, 5.41) is 9.72. The van der Waals surface area contributed by atoms with E-state index in [1.165, 1.54) is 37.9 Å². The Balaban J connectivity index is 1.47. The van der Waals surface area contributed by atoms with Crippen molar-refractivity contribution in [3.63, 3.8) is 0 Å². The molecule has 168 valence electrons. The number of carbonyl (C=O) groups excluding carboxylic acids is 1. The minimum absolute atomic E-state index is 0.0914. The van der Waals surface area contributed by atoms with E-state index in [-0.39, 0.29) is 5.91 Å². The number of hydrogen-bond donors (Lipinski definition) is 3. The average molecular weight is 439 g/mol. The summed E-state index contributed by atoms with van der Waals surface area (Å²) < 4.78 is 0. The molecule has 5 rings (SSSR count). The normalized spacial score (nSPS) is 17.3. The molecule has 2 aliphatic rings. The molecule has 2 aliphatic heterocycles. The van der Waals surface area contributed by atoms with Crippen molar-refractivity contribution >= 4 is 34.2 Å². The highest BCUT2D eigenvalue weighted by Crippen LogP contribution is 2.38. The third kappa shape index (κ3) is 4.64. The Hall–Kier alpha value is -3.57. The first-order valence-electron chi connectivity index (χ1n) is 11.7. The predicted octanol–water partition coefficient (Wildman–Crippen LogP) is 5.65. The van der Waals surface area contributed by atoms with Crippen molar-refractivity contribution in [3.8, 4) is 0 Å². The van der Waals surface area contributed by atoms with Crippen LogP contribution in [-0.4, -0.2) is 30.9 Å². The van der Waals surface area contributed by atoms with Crippen molar-refractivity contribution in [2.75, 3.05) is 36.1 Å². The Labute approximate surface area is 195 Å². The molecule has 33 heavy (non-hydrogen) atoms. The van der Waals surface area contributed by atoms with E-state index in [0.29, 0.717) is 5.57 Å². The fraction of sp³-hybridized carbons (Fsp3) is 0.250. The molecule has 3 N–H and O–H groups in total. The summed E-state index contributed by atoms with van der Waals surface area (Å²) in [6.45, 7) is 3.37. The molecule has 0 aliphatic carbocycles. The Bertz CT molecular complexity index is 1160. The Morgan fingerprint density at radius 1 is 0.909 bits per heavy atom. The first kappa shape index (κ1) is 21.3. The van der Waals surface area contributed by atoms with Crippen LogP contribution in [0.2, 0.25) is 0 Å². The molecule has 3 aromatic carbocycles. The van der Waals surface area contributed by atoms with Crippen molar-refractivity contribution in [1.29, 1.82) is 0 Å². The molecule has 3 aromatic rings. The van der Waals surface area contributed by atoms with Crippen LogP contribution in [0.3, 0.4) is 0 Å². The number of piperidine rings is 1. The Kier molecular flexibility index (Phi) is 6.13. The SMILES string of the molecule is CNc1ccc2c(c1)NC(=O)/C2=C(/Nc1ccc(CN2CCCCC2)cc1)c1ccccc1. The van der Waals surface area contributed by atoms with Crippen LogP contribution in [-0.2, 0) is 11.3 Å². The van der Waals surface area contributed by atoms with Gasteiger partial charge in [-0.15, -0.1) is 0 Å². The van der Waals surface area contributed by atoms with E-state index in [4.69, 9.17) is 0 Å². The molecule has 0 spiro atoms. The molecular formula is C28H30N4O. The van der Waals surface area contributed by atoms with Gasteiger partial charge in [-0.1, -0.05) is 48.9 Å². The minimum atomic E-state index is -0.0914. The zero-order valence-electron chi connectivity index (χ0n) is 19.0. The van der Waals surface area contributed by atoms with Gasteiger partial charge in [0, 0.05) is 30.5 Å². The molecule has 0 bridgehead atoms. The number of nitrogens with zero attached hydrogens (tertiary/aromatic N) is 1. The Morgan fingerprint density at radius 3 is 2.36 bits per heavy atom. The standard InChI is InChI=1S/C28H30N4O/c1-29-23-14-15-24-25(18-23)31-28(33)26(24)27(21-8-4-2-5-9-21)30-22-12-10-20(11-13-22)19-32-16-6-3-7-17-32/h2,4-5,8-15,18,29-30H,3,6-7,16-17,19H2,1H3,(H,31,33)/b27-26+. The maximum Gasteiger partial charge on any atom is 0.258 e. The largest absolute Gasteiger partial charge is 0.388 e. The highest BCUT2D eigenvalue weighted by Gasteiger charge is 2.28. The summed E-state index contributed by atoms with van der Waals surface area (Å²) in [5.41, 5.74) is 7.45. The van der Waals surface area contributed by atoms with Crippen LogP contribution in [0.1, 0.15) is 36.0 Å². The predicted molar refractivity (Wildman–Crippen MR) is 137 cm³/mol. The topological polar surface area (TPSA) is 56.4 Å². The van der Waals surface area contributed by atoms with Crippen molar-refractivity contribution in [1.82, 2.24) is 4.90 Å². The van der Waals surface area contributed by atoms with Crippen molar-refractivity contribution in [2.45, 2.75) is 25.8 Å². The van der Waals surface area contributed by atoms with Crippen LogP contribution >= 0.6 is 0 Å². The first-order chi connectivity index (χ1) is 16.2. The van der Waals surface area contributed by atoms with E-state index in [2.05, 4.69) is 45.1 Å². The smallest absolute Gasteiger partial charge is 0.258 e. The van der Waals surface area contributed by atoms with Crippen molar-refractivity contribution < 1.29 is 4.79 Å². The summed E-state index contributed by atoms with van der Waals surface area (Å²) in [4.78, 5) is 15.6. The van der Waals surface area contributed by atoms with Gasteiger partial charge in [0.25, 0.3) is 5.91 Å². The summed E-state index contributed by atoms with van der Waals surface area (Å²) in [5.74, 6) is -0.0914. The number of hydrogen-bond acceptors (Lipinski definition) is 4. The third-order valence-corrected chi connectivity index (χ3v) is 6.44. The molecule has 1 saturated heterocycles. The second-order valence-electron chi connectivity index (χ2n) is 8.74. The molecule has 0 unspecified atom stereocenters. The summed E-state index contributed by atoms with van der Waals surface area (Å²) >= 11 is 0. The summed E-state index contributed by atoms with van der Waals surface area (Å²) in [6.07, 6.45) is 3.95. The van der Waals surface area contributed by atoms with E-state index in [1.807, 2.05) is 55.6 Å². The molecular weight excluding hydrogens is 408 g/mol. The van der Waals surface area contributed by atoms with E-state index in [0.717, 1.165) is 40.4 Å². The van der Waals surface area contributed by atoms with Gasteiger partial charge in [-0.25, -0.2) is 0 Å². The van der Waals surface area contributed by atoms with Crippen LogP contribution in [0.5, 0.6) is 0 Å². The number of rotatable bonds is 6. The fourth-order valence-electron chi connectivity index (χ4n) is 4.67. The molecule has 5 nitrogen and oxygen atoms in total. The Morgan fingerprint density at radius 2 is 1.64 bits per heavy atom. The van der Waals surface area contributed by atoms with Gasteiger partial charge in [0.15, 0.2) is 0 Å². The second-order valence-corrected chi connectivity index (χ2v) is 8.74. The maximum atomic E-state index is 13.1. The van der Waals surface area contributed by atoms with Gasteiger partial charge in [0.1, 0.15) is 0 Å². The van der Waals surface area contributed by atoms with Gasteiger partial charge >= 0.3 is 0 Å². The lowest BCUT2D eigenvalue weighted by atomic mass is 9.99. The molecule has 0 aromatic heterocycles. The van der Waals surface area contributed by atoms with Gasteiger partial charge in [-0.2, -0.15) is 0 Å². The maximum absolute atomic E-state index is 13.1. The lowest BCUT2D eigenvalue weighted by Crippen LogP contribution is -2.29. The number of fused-ring (bicyclic) bond motifs is 1. The molecule has 1 fully saturated rings. The number of benzene rings is 3. The fourth-order valence-corrected chi connectivity index (χ4v) is 4.67. The zero-order valence-corrected chi connectivity index (χ0v) is 19.0. The number of nitrogens with one attached hydrogen (secondary N) is 3. The highest BCUT2D eigenvalue weighted by atomic mass is 16.2. The third-order valence-electron chi connectivity index (χ3n) is 6.44. The molecule has 0 radical (unpaired) electrons. The highest BCUT2D eigenvalue weighted by molar-refractivity contribution is 6.37. The van der Waals surface area contributed by atoms with Crippen molar-refractivity contribution in [3.05, 3.63) is 89.5 Å². The molecule has 0 saturated carbocycles. The van der Waals surface area contributed by atoms with Gasteiger partial charge in [0.05, 0.1) is 17.0 Å². The second kappa shape index (κ2) is 9.51. The number of anilines is 3. The molecule has 0 atom stereocenters. The van der Waals surface area contributed by atoms with Gasteiger partial charge in [-0.3, -0.25) is 9.69 Å². The quantitative estimate of drug-likeness (QED) is 0.436. The van der Waals surface area contributed by atoms with E-state index >= 15 is 0 Å². The van der Waals surface area contributed by atoms with Crippen LogP contribution in [0.15, 0.2) is 72.8 Å². The monoisotopic (exact) mass is 438 g/mol. The average Bonchev–Trinajstić information content (AvgIpc) is 3.19. The number of likely N-dealkylation sites (tertiary alicyclic amines) is 1. The minimum Gasteiger partial charge on any atom is -0.388 e. The van der Waals surface area contributed by atoms with Crippen LogP contribution in [0.25, 0.3) is 11.3 Å². The zero-order chi connectivity index (χ0) is 22.6. The first-order valence-corrected chi connectivity index (χ1v) is 11.7. The van der Waals surface area contributed by atoms with Crippen LogP contribution in [0, 0.1) is 0 Å².